The number of sulfonamides is 1. The Morgan fingerprint density at radius 2 is 1.95 bits per heavy atom. The van der Waals surface area contributed by atoms with Crippen LogP contribution in [0.25, 0.3) is 0 Å². The van der Waals surface area contributed by atoms with Crippen molar-refractivity contribution < 1.29 is 12.9 Å². The molecule has 3 rings (SSSR count). The van der Waals surface area contributed by atoms with Gasteiger partial charge in [0.15, 0.2) is 0 Å². The minimum Gasteiger partial charge on any atom is -0.361 e. The Kier molecular flexibility index (Phi) is 4.07. The summed E-state index contributed by atoms with van der Waals surface area (Å²) < 4.78 is 31.5. The van der Waals surface area contributed by atoms with E-state index in [1.165, 1.54) is 0 Å². The van der Waals surface area contributed by atoms with E-state index in [2.05, 4.69) is 10.1 Å². The predicted octanol–water partition coefficient (Wildman–Crippen LogP) is 1.29. The number of hydrogen-bond acceptors (Lipinski definition) is 5. The van der Waals surface area contributed by atoms with Crippen molar-refractivity contribution in [3.8, 4) is 0 Å². The van der Waals surface area contributed by atoms with Gasteiger partial charge in [0.05, 0.1) is 10.9 Å². The van der Waals surface area contributed by atoms with Gasteiger partial charge in [0, 0.05) is 31.7 Å². The van der Waals surface area contributed by atoms with Crippen LogP contribution < -0.4 is 0 Å². The summed E-state index contributed by atoms with van der Waals surface area (Å²) in [5.41, 5.74) is 2.06. The van der Waals surface area contributed by atoms with Gasteiger partial charge in [-0.3, -0.25) is 4.90 Å². The van der Waals surface area contributed by atoms with Gasteiger partial charge < -0.3 is 4.52 Å². The number of hydrogen-bond donors (Lipinski definition) is 0. The van der Waals surface area contributed by atoms with E-state index in [-0.39, 0.29) is 5.25 Å². The van der Waals surface area contributed by atoms with Crippen LogP contribution in [0.4, 0.5) is 0 Å². The summed E-state index contributed by atoms with van der Waals surface area (Å²) in [5, 5.41) is 3.88. The molecule has 2 fully saturated rings. The molecule has 0 spiro atoms. The molecule has 2 aliphatic rings. The highest BCUT2D eigenvalue weighted by molar-refractivity contribution is 7.90. The molecule has 118 valence electrons. The van der Waals surface area contributed by atoms with Gasteiger partial charge in [0.1, 0.15) is 5.76 Å². The summed E-state index contributed by atoms with van der Waals surface area (Å²) in [6.45, 7) is 7.61. The van der Waals surface area contributed by atoms with E-state index in [1.54, 1.807) is 4.31 Å². The maximum atomic E-state index is 12.3. The average molecular weight is 313 g/mol. The lowest BCUT2D eigenvalue weighted by Gasteiger charge is -2.21. The second-order valence-electron chi connectivity index (χ2n) is 6.08. The summed E-state index contributed by atoms with van der Waals surface area (Å²) >= 11 is 0. The number of nitrogens with zero attached hydrogens (tertiary/aromatic N) is 3. The molecular weight excluding hydrogens is 290 g/mol. The summed E-state index contributed by atoms with van der Waals surface area (Å²) in [7, 11) is -3.04. The van der Waals surface area contributed by atoms with Crippen LogP contribution in [0.5, 0.6) is 0 Å². The zero-order valence-electron chi connectivity index (χ0n) is 12.7. The highest BCUT2D eigenvalue weighted by Gasteiger charge is 2.40. The van der Waals surface area contributed by atoms with Crippen LogP contribution in [0.15, 0.2) is 4.52 Å². The normalized spacial score (nSPS) is 22.4. The summed E-state index contributed by atoms with van der Waals surface area (Å²) in [5.74, 6) is 0.860. The quantitative estimate of drug-likeness (QED) is 0.838. The summed E-state index contributed by atoms with van der Waals surface area (Å²) in [4.78, 5) is 2.30. The summed E-state index contributed by atoms with van der Waals surface area (Å²) in [6, 6.07) is 0. The fraction of sp³-hybridized carbons (Fsp3) is 0.786. The van der Waals surface area contributed by atoms with Gasteiger partial charge in [-0.25, -0.2) is 12.7 Å². The van der Waals surface area contributed by atoms with Crippen LogP contribution >= 0.6 is 0 Å². The van der Waals surface area contributed by atoms with E-state index in [4.69, 9.17) is 4.52 Å². The average Bonchev–Trinajstić information content (AvgIpc) is 3.24. The Morgan fingerprint density at radius 1 is 1.19 bits per heavy atom. The Bertz CT molecular complexity index is 587. The molecule has 0 atom stereocenters. The predicted molar refractivity (Wildman–Crippen MR) is 79.4 cm³/mol. The first kappa shape index (κ1) is 15.0. The van der Waals surface area contributed by atoms with Gasteiger partial charge in [0.25, 0.3) is 0 Å². The maximum Gasteiger partial charge on any atom is 0.217 e. The van der Waals surface area contributed by atoms with Crippen LogP contribution in [0.1, 0.15) is 36.3 Å². The first-order valence-electron chi connectivity index (χ1n) is 7.61. The smallest absolute Gasteiger partial charge is 0.217 e. The maximum absolute atomic E-state index is 12.3. The molecular formula is C14H23N3O3S. The van der Waals surface area contributed by atoms with Gasteiger partial charge in [-0.2, -0.15) is 0 Å². The van der Waals surface area contributed by atoms with Crippen molar-refractivity contribution in [1.82, 2.24) is 14.4 Å². The Morgan fingerprint density at radius 3 is 2.57 bits per heavy atom. The molecule has 1 aliphatic heterocycles. The highest BCUT2D eigenvalue weighted by Crippen LogP contribution is 2.31. The molecule has 0 bridgehead atoms. The van der Waals surface area contributed by atoms with Crippen LogP contribution in [-0.2, 0) is 16.6 Å². The van der Waals surface area contributed by atoms with Crippen molar-refractivity contribution in [2.75, 3.05) is 26.2 Å². The fourth-order valence-electron chi connectivity index (χ4n) is 2.89. The largest absolute Gasteiger partial charge is 0.361 e. The number of aromatic nitrogens is 1. The second-order valence-corrected chi connectivity index (χ2v) is 8.29. The zero-order chi connectivity index (χ0) is 15.0. The van der Waals surface area contributed by atoms with Gasteiger partial charge >= 0.3 is 0 Å². The van der Waals surface area contributed by atoms with E-state index in [0.29, 0.717) is 13.1 Å². The van der Waals surface area contributed by atoms with Crippen molar-refractivity contribution in [2.45, 2.75) is 44.9 Å². The lowest BCUT2D eigenvalue weighted by Crippen LogP contribution is -2.37. The molecule has 1 aliphatic carbocycles. The second kappa shape index (κ2) is 5.70. The molecule has 6 nitrogen and oxygen atoms in total. The van der Waals surface area contributed by atoms with Crippen molar-refractivity contribution in [2.24, 2.45) is 0 Å². The molecule has 0 amide bonds. The van der Waals surface area contributed by atoms with E-state index in [0.717, 1.165) is 55.9 Å². The lowest BCUT2D eigenvalue weighted by atomic mass is 10.2. The topological polar surface area (TPSA) is 66.7 Å². The van der Waals surface area contributed by atoms with Crippen LogP contribution in [0.2, 0.25) is 0 Å². The molecule has 1 aromatic heterocycles. The summed E-state index contributed by atoms with van der Waals surface area (Å²) in [6.07, 6.45) is 2.55. The first-order valence-corrected chi connectivity index (χ1v) is 9.12. The number of aryl methyl sites for hydroxylation is 2. The van der Waals surface area contributed by atoms with E-state index < -0.39 is 10.0 Å². The van der Waals surface area contributed by atoms with Crippen molar-refractivity contribution in [3.05, 3.63) is 17.0 Å². The molecule has 7 heteroatoms. The minimum atomic E-state index is -3.04. The van der Waals surface area contributed by atoms with E-state index in [1.807, 2.05) is 13.8 Å². The van der Waals surface area contributed by atoms with Crippen molar-refractivity contribution in [3.63, 3.8) is 0 Å². The monoisotopic (exact) mass is 313 g/mol. The Labute approximate surface area is 126 Å². The first-order chi connectivity index (χ1) is 9.98. The lowest BCUT2D eigenvalue weighted by molar-refractivity contribution is 0.276. The molecule has 1 saturated heterocycles. The molecule has 0 radical (unpaired) electrons. The SMILES string of the molecule is Cc1noc(C)c1CN1CCCN(S(=O)(=O)C2CC2)CC1. The van der Waals surface area contributed by atoms with Gasteiger partial charge in [-0.05, 0) is 39.7 Å². The molecule has 1 saturated carbocycles. The van der Waals surface area contributed by atoms with Crippen LogP contribution in [0, 0.1) is 13.8 Å². The Hall–Kier alpha value is -0.920. The van der Waals surface area contributed by atoms with Gasteiger partial charge in [-0.15, -0.1) is 0 Å². The number of rotatable bonds is 4. The third kappa shape index (κ3) is 3.14. The highest BCUT2D eigenvalue weighted by atomic mass is 32.2. The van der Waals surface area contributed by atoms with E-state index >= 15 is 0 Å². The molecule has 0 unspecified atom stereocenters. The van der Waals surface area contributed by atoms with Crippen LogP contribution in [-0.4, -0.2) is 54.2 Å². The minimum absolute atomic E-state index is 0.105. The van der Waals surface area contributed by atoms with Crippen molar-refractivity contribution in [1.29, 1.82) is 0 Å². The standard InChI is InChI=1S/C14H23N3O3S/c1-11-14(12(2)20-15-11)10-16-6-3-7-17(9-8-16)21(18,19)13-4-5-13/h13H,3-10H2,1-2H3. The fourth-order valence-corrected chi connectivity index (χ4v) is 4.76. The van der Waals surface area contributed by atoms with E-state index in [9.17, 15) is 8.42 Å². The molecule has 21 heavy (non-hydrogen) atoms. The third-order valence-corrected chi connectivity index (χ3v) is 6.81. The van der Waals surface area contributed by atoms with Crippen molar-refractivity contribution >= 4 is 10.0 Å². The third-order valence-electron chi connectivity index (χ3n) is 4.42. The zero-order valence-corrected chi connectivity index (χ0v) is 13.5. The Balaban J connectivity index is 1.63. The van der Waals surface area contributed by atoms with Crippen LogP contribution in [0.3, 0.4) is 0 Å². The van der Waals surface area contributed by atoms with Gasteiger partial charge in [0.2, 0.25) is 10.0 Å². The molecule has 1 aromatic rings. The molecule has 2 heterocycles. The van der Waals surface area contributed by atoms with Gasteiger partial charge in [-0.1, -0.05) is 5.16 Å². The molecule has 0 N–H and O–H groups in total. The molecule has 0 aromatic carbocycles.